The molecule has 1 saturated heterocycles. The summed E-state index contributed by atoms with van der Waals surface area (Å²) in [6, 6.07) is 24.4. The van der Waals surface area contributed by atoms with Crippen LogP contribution in [0.4, 0.5) is 10.5 Å². The van der Waals surface area contributed by atoms with Gasteiger partial charge < -0.3 is 30.2 Å². The van der Waals surface area contributed by atoms with Crippen LogP contribution < -0.4 is 16.0 Å². The van der Waals surface area contributed by atoms with Crippen LogP contribution in [0.25, 0.3) is 11.1 Å². The lowest BCUT2D eigenvalue weighted by atomic mass is 10.0. The van der Waals surface area contributed by atoms with Gasteiger partial charge in [-0.3, -0.25) is 14.9 Å². The summed E-state index contributed by atoms with van der Waals surface area (Å²) in [5.74, 6) is 0.471. The van der Waals surface area contributed by atoms with Crippen LogP contribution in [0.15, 0.2) is 91.3 Å². The molecule has 3 aromatic carbocycles. The van der Waals surface area contributed by atoms with Gasteiger partial charge in [-0.05, 0) is 42.7 Å². The maximum absolute atomic E-state index is 13.1. The third-order valence-electron chi connectivity index (χ3n) is 7.96. The maximum atomic E-state index is 13.1. The van der Waals surface area contributed by atoms with Crippen LogP contribution in [0.5, 0.6) is 0 Å². The summed E-state index contributed by atoms with van der Waals surface area (Å²) in [6.45, 7) is 4.42. The summed E-state index contributed by atoms with van der Waals surface area (Å²) in [4.78, 5) is 49.6. The first-order valence-electron chi connectivity index (χ1n) is 15.6. The molecule has 2 heterocycles. The predicted octanol–water partition coefficient (Wildman–Crippen LogP) is 4.38. The van der Waals surface area contributed by atoms with E-state index in [9.17, 15) is 14.4 Å². The van der Waals surface area contributed by atoms with Gasteiger partial charge >= 0.3 is 6.09 Å². The number of carbonyl (C=O) groups excluding carboxylic acids is 3. The molecular formula is C35H41N7O4. The topological polar surface area (TPSA) is 132 Å². The zero-order chi connectivity index (χ0) is 32.1. The van der Waals surface area contributed by atoms with E-state index in [2.05, 4.69) is 30.8 Å². The van der Waals surface area contributed by atoms with Crippen molar-refractivity contribution in [2.45, 2.75) is 25.5 Å². The molecule has 0 radical (unpaired) electrons. The molecule has 240 valence electrons. The van der Waals surface area contributed by atoms with Crippen LogP contribution in [-0.4, -0.2) is 90.1 Å². The molecule has 0 aliphatic carbocycles. The molecule has 46 heavy (non-hydrogen) atoms. The number of hydrogen-bond donors (Lipinski definition) is 4. The number of piperidine rings is 1. The van der Waals surface area contributed by atoms with Gasteiger partial charge in [0.1, 0.15) is 11.9 Å². The highest BCUT2D eigenvalue weighted by atomic mass is 16.6. The summed E-state index contributed by atoms with van der Waals surface area (Å²) >= 11 is 0. The number of aromatic nitrogens is 2. The zero-order valence-electron chi connectivity index (χ0n) is 26.1. The minimum atomic E-state index is -0.454. The number of nitrogens with one attached hydrogen (secondary N) is 4. The molecule has 4 N–H and O–H groups in total. The van der Waals surface area contributed by atoms with Gasteiger partial charge in [0.05, 0.1) is 12.2 Å². The molecule has 1 aliphatic rings. The van der Waals surface area contributed by atoms with Crippen LogP contribution in [0.2, 0.25) is 0 Å². The number of para-hydroxylation sites is 1. The number of hydrogen-bond acceptors (Lipinski definition) is 7. The lowest BCUT2D eigenvalue weighted by Gasteiger charge is -2.32. The van der Waals surface area contributed by atoms with Crippen molar-refractivity contribution in [1.29, 1.82) is 0 Å². The number of ether oxygens (including phenoxy) is 1. The quantitative estimate of drug-likeness (QED) is 0.163. The molecule has 5 rings (SSSR count). The Balaban J connectivity index is 1.01. The third kappa shape index (κ3) is 9.26. The maximum Gasteiger partial charge on any atom is 0.411 e. The van der Waals surface area contributed by atoms with E-state index in [-0.39, 0.29) is 17.9 Å². The van der Waals surface area contributed by atoms with Crippen LogP contribution in [0, 0.1) is 0 Å². The number of amides is 3. The fraction of sp³-hybridized carbons (Fsp3) is 0.314. The predicted molar refractivity (Wildman–Crippen MR) is 177 cm³/mol. The minimum Gasteiger partial charge on any atom is -0.446 e. The normalized spacial score (nSPS) is 13.6. The molecule has 0 unspecified atom stereocenters. The zero-order valence-corrected chi connectivity index (χ0v) is 26.1. The second-order valence-corrected chi connectivity index (χ2v) is 11.3. The summed E-state index contributed by atoms with van der Waals surface area (Å²) in [5.41, 5.74) is 3.59. The van der Waals surface area contributed by atoms with Crippen LogP contribution in [0.3, 0.4) is 0 Å². The molecule has 1 fully saturated rings. The Morgan fingerprint density at radius 1 is 0.957 bits per heavy atom. The van der Waals surface area contributed by atoms with Crippen molar-refractivity contribution in [3.63, 3.8) is 0 Å². The number of carbonyl (C=O) groups is 3. The number of likely N-dealkylation sites (N-methyl/N-ethyl adjacent to an activating group) is 1. The summed E-state index contributed by atoms with van der Waals surface area (Å²) < 4.78 is 5.76. The molecule has 4 aromatic rings. The Morgan fingerprint density at radius 2 is 1.72 bits per heavy atom. The van der Waals surface area contributed by atoms with Crippen molar-refractivity contribution >= 4 is 23.6 Å². The Hall–Kier alpha value is -5.00. The van der Waals surface area contributed by atoms with Crippen LogP contribution in [-0.2, 0) is 11.3 Å². The molecule has 0 atom stereocenters. The fourth-order valence-electron chi connectivity index (χ4n) is 5.38. The van der Waals surface area contributed by atoms with Crippen molar-refractivity contribution < 1.29 is 19.1 Å². The third-order valence-corrected chi connectivity index (χ3v) is 7.96. The second kappa shape index (κ2) is 16.4. The van der Waals surface area contributed by atoms with E-state index in [1.54, 1.807) is 48.6 Å². The van der Waals surface area contributed by atoms with Crippen molar-refractivity contribution in [1.82, 2.24) is 30.4 Å². The number of aromatic amines is 1. The van der Waals surface area contributed by atoms with E-state index in [0.717, 1.165) is 42.9 Å². The fourth-order valence-corrected chi connectivity index (χ4v) is 5.38. The number of likely N-dealkylation sites (tertiary alicyclic amines) is 1. The van der Waals surface area contributed by atoms with E-state index in [4.69, 9.17) is 4.74 Å². The van der Waals surface area contributed by atoms with E-state index in [1.165, 1.54) is 0 Å². The lowest BCUT2D eigenvalue weighted by Crippen LogP contribution is -2.42. The number of nitrogens with zero attached hydrogens (tertiary/aromatic N) is 3. The average molecular weight is 624 g/mol. The molecule has 11 heteroatoms. The first-order valence-corrected chi connectivity index (χ1v) is 15.6. The smallest absolute Gasteiger partial charge is 0.411 e. The Labute approximate surface area is 269 Å². The SMILES string of the molecule is CN(CCN1CCC(OC(=O)Nc2ccccc2-c2ccccc2)CC1)C(=O)c1cccc(C(=O)NCCNCc2ncc[nH]2)c1. The van der Waals surface area contributed by atoms with Gasteiger partial charge in [0.15, 0.2) is 0 Å². The van der Waals surface area contributed by atoms with E-state index < -0.39 is 6.09 Å². The van der Waals surface area contributed by atoms with E-state index in [1.807, 2.05) is 54.6 Å². The first kappa shape index (κ1) is 32.4. The van der Waals surface area contributed by atoms with Crippen molar-refractivity contribution in [3.05, 3.63) is 108 Å². The van der Waals surface area contributed by atoms with Gasteiger partial charge in [-0.25, -0.2) is 9.78 Å². The first-order chi connectivity index (χ1) is 22.5. The van der Waals surface area contributed by atoms with Gasteiger partial charge in [-0.2, -0.15) is 0 Å². The number of imidazole rings is 1. The number of H-pyrrole nitrogens is 1. The van der Waals surface area contributed by atoms with Gasteiger partial charge in [-0.1, -0.05) is 54.6 Å². The largest absolute Gasteiger partial charge is 0.446 e. The monoisotopic (exact) mass is 623 g/mol. The number of benzene rings is 3. The van der Waals surface area contributed by atoms with E-state index >= 15 is 0 Å². The Morgan fingerprint density at radius 3 is 2.50 bits per heavy atom. The molecule has 0 bridgehead atoms. The van der Waals surface area contributed by atoms with Gasteiger partial charge in [0.25, 0.3) is 11.8 Å². The summed E-state index contributed by atoms with van der Waals surface area (Å²) in [6.07, 6.45) is 4.29. The average Bonchev–Trinajstić information content (AvgIpc) is 3.61. The Kier molecular flexibility index (Phi) is 11.5. The molecule has 0 spiro atoms. The standard InChI is InChI=1S/C35H41N7O4/c1-41(34(44)28-11-7-10-27(24-28)33(43)39-17-16-36-25-32-37-18-19-38-32)22-23-42-20-14-29(15-21-42)46-35(45)40-31-13-6-5-12-30(31)26-8-3-2-4-9-26/h2-13,18-19,24,29,36H,14-17,20-23,25H2,1H3,(H,37,38)(H,39,43)(H,40,45). The molecule has 1 aromatic heterocycles. The highest BCUT2D eigenvalue weighted by Gasteiger charge is 2.23. The minimum absolute atomic E-state index is 0.138. The van der Waals surface area contributed by atoms with Crippen LogP contribution >= 0.6 is 0 Å². The second-order valence-electron chi connectivity index (χ2n) is 11.3. The van der Waals surface area contributed by atoms with Crippen molar-refractivity contribution in [3.8, 4) is 11.1 Å². The molecule has 3 amide bonds. The van der Waals surface area contributed by atoms with Crippen LogP contribution in [0.1, 0.15) is 39.4 Å². The number of anilines is 1. The highest BCUT2D eigenvalue weighted by molar-refractivity contribution is 5.99. The number of rotatable bonds is 13. The van der Waals surface area contributed by atoms with Gasteiger partial charge in [0, 0.05) is 75.4 Å². The van der Waals surface area contributed by atoms with Gasteiger partial charge in [-0.15, -0.1) is 0 Å². The molecular weight excluding hydrogens is 582 g/mol. The molecule has 0 saturated carbocycles. The van der Waals surface area contributed by atoms with Gasteiger partial charge in [0.2, 0.25) is 0 Å². The van der Waals surface area contributed by atoms with E-state index in [0.29, 0.717) is 49.5 Å². The van der Waals surface area contributed by atoms with Crippen molar-refractivity contribution in [2.75, 3.05) is 51.6 Å². The Bertz CT molecular complexity index is 1570. The highest BCUT2D eigenvalue weighted by Crippen LogP contribution is 2.28. The molecule has 1 aliphatic heterocycles. The molecule has 11 nitrogen and oxygen atoms in total. The lowest BCUT2D eigenvalue weighted by molar-refractivity contribution is 0.0540. The summed E-state index contributed by atoms with van der Waals surface area (Å²) in [5, 5.41) is 9.00. The summed E-state index contributed by atoms with van der Waals surface area (Å²) in [7, 11) is 1.77. The van der Waals surface area contributed by atoms with Crippen molar-refractivity contribution in [2.24, 2.45) is 0 Å².